The third kappa shape index (κ3) is 3.82. The van der Waals surface area contributed by atoms with E-state index in [1.807, 2.05) is 24.3 Å². The fourth-order valence-electron chi connectivity index (χ4n) is 5.10. The van der Waals surface area contributed by atoms with Crippen molar-refractivity contribution in [1.29, 1.82) is 0 Å². The lowest BCUT2D eigenvalue weighted by Gasteiger charge is -2.34. The van der Waals surface area contributed by atoms with Crippen molar-refractivity contribution in [2.45, 2.75) is 24.9 Å². The smallest absolute Gasteiger partial charge is 0.224 e. The first-order valence-corrected chi connectivity index (χ1v) is 10.9. The van der Waals surface area contributed by atoms with E-state index in [0.29, 0.717) is 26.2 Å². The molecule has 4 rings (SSSR count). The number of carbonyl (C=O) groups excluding carboxylic acids is 2. The Labute approximate surface area is 178 Å². The van der Waals surface area contributed by atoms with Crippen LogP contribution in [0.25, 0.3) is 0 Å². The Hall–Kier alpha value is -1.52. The van der Waals surface area contributed by atoms with E-state index in [9.17, 15) is 9.59 Å². The van der Waals surface area contributed by atoms with E-state index in [0.717, 1.165) is 16.5 Å². The zero-order valence-electron chi connectivity index (χ0n) is 16.1. The van der Waals surface area contributed by atoms with Crippen LogP contribution >= 0.6 is 15.9 Å². The molecule has 2 bridgehead atoms. The van der Waals surface area contributed by atoms with Crippen LogP contribution in [0.15, 0.2) is 28.7 Å². The van der Waals surface area contributed by atoms with Gasteiger partial charge in [-0.2, -0.15) is 0 Å². The second-order valence-corrected chi connectivity index (χ2v) is 8.77. The number of fused-ring (bicyclic) bond motifs is 5. The van der Waals surface area contributed by atoms with Crippen LogP contribution in [0.1, 0.15) is 18.3 Å². The summed E-state index contributed by atoms with van der Waals surface area (Å²) in [7, 11) is 0. The number of amides is 2. The third-order valence-corrected chi connectivity index (χ3v) is 6.75. The van der Waals surface area contributed by atoms with E-state index in [-0.39, 0.29) is 35.9 Å². The first-order chi connectivity index (χ1) is 14.0. The number of benzene rings is 1. The number of nitrogens with two attached hydrogens (primary N) is 2. The summed E-state index contributed by atoms with van der Waals surface area (Å²) in [5.41, 5.74) is 12.0. The van der Waals surface area contributed by atoms with Gasteiger partial charge >= 0.3 is 0 Å². The lowest BCUT2D eigenvalue weighted by molar-refractivity contribution is -0.140. The van der Waals surface area contributed by atoms with Crippen LogP contribution in [0.2, 0.25) is 0 Å². The number of ether oxygens (including phenoxy) is 2. The van der Waals surface area contributed by atoms with Gasteiger partial charge in [0.25, 0.3) is 0 Å². The highest BCUT2D eigenvalue weighted by molar-refractivity contribution is 9.10. The van der Waals surface area contributed by atoms with Gasteiger partial charge in [0.05, 0.1) is 24.0 Å². The molecule has 2 amide bonds. The summed E-state index contributed by atoms with van der Waals surface area (Å²) in [4.78, 5) is 25.8. The summed E-state index contributed by atoms with van der Waals surface area (Å²) in [5.74, 6) is -1.28. The third-order valence-electron chi connectivity index (χ3n) is 6.22. The minimum Gasteiger partial charge on any atom is -0.355 e. The molecule has 3 aliphatic rings. The summed E-state index contributed by atoms with van der Waals surface area (Å²) in [6.07, 6.45) is -0.132. The molecule has 6 N–H and O–H groups in total. The van der Waals surface area contributed by atoms with E-state index in [2.05, 4.69) is 26.6 Å². The van der Waals surface area contributed by atoms with Crippen molar-refractivity contribution in [3.63, 3.8) is 0 Å². The first kappa shape index (κ1) is 20.7. The molecule has 8 nitrogen and oxygen atoms in total. The average Bonchev–Trinajstić information content (AvgIpc) is 3.40. The van der Waals surface area contributed by atoms with Gasteiger partial charge in [0, 0.05) is 48.1 Å². The molecule has 2 aliphatic carbocycles. The Kier molecular flexibility index (Phi) is 6.21. The topological polar surface area (TPSA) is 129 Å². The molecule has 6 unspecified atom stereocenters. The van der Waals surface area contributed by atoms with Crippen LogP contribution < -0.4 is 22.1 Å². The fourth-order valence-corrected chi connectivity index (χ4v) is 5.36. The number of carbonyl (C=O) groups is 2. The van der Waals surface area contributed by atoms with Crippen molar-refractivity contribution in [3.05, 3.63) is 34.3 Å². The highest BCUT2D eigenvalue weighted by Gasteiger charge is 2.66. The molecule has 2 saturated carbocycles. The van der Waals surface area contributed by atoms with Crippen molar-refractivity contribution in [2.75, 3.05) is 26.2 Å². The number of hydrogen-bond donors (Lipinski definition) is 4. The van der Waals surface area contributed by atoms with Gasteiger partial charge in [-0.3, -0.25) is 9.59 Å². The molecule has 1 aromatic rings. The Bertz CT molecular complexity index is 721. The molecule has 29 heavy (non-hydrogen) atoms. The molecule has 1 aliphatic heterocycles. The van der Waals surface area contributed by atoms with Crippen LogP contribution in [0.4, 0.5) is 0 Å². The van der Waals surface area contributed by atoms with Gasteiger partial charge in [-0.1, -0.05) is 28.1 Å². The van der Waals surface area contributed by atoms with Gasteiger partial charge in [0.1, 0.15) is 0 Å². The molecule has 6 atom stereocenters. The molecule has 0 aromatic heterocycles. The van der Waals surface area contributed by atoms with Gasteiger partial charge in [0.2, 0.25) is 11.8 Å². The largest absolute Gasteiger partial charge is 0.355 e. The van der Waals surface area contributed by atoms with Crippen molar-refractivity contribution >= 4 is 27.7 Å². The number of rotatable bonds is 7. The molecule has 1 heterocycles. The number of halogens is 1. The molecular weight excluding hydrogens is 440 g/mol. The van der Waals surface area contributed by atoms with Crippen molar-refractivity contribution < 1.29 is 19.1 Å². The maximum absolute atomic E-state index is 12.9. The monoisotopic (exact) mass is 466 g/mol. The standard InChI is InChI=1S/C20H27BrN4O4/c21-11-3-1-10(2-4-11)20-28-16-12-9-13(17(16)29-20)15(19(27)25-8-6-23)14(12)18(26)24-7-5-22/h1-4,12-17,20H,5-9,22-23H2,(H,24,26)(H,25,27). The van der Waals surface area contributed by atoms with Crippen LogP contribution in [-0.4, -0.2) is 50.2 Å². The summed E-state index contributed by atoms with van der Waals surface area (Å²) < 4.78 is 13.5. The number of hydrogen-bond acceptors (Lipinski definition) is 6. The van der Waals surface area contributed by atoms with E-state index in [1.165, 1.54) is 0 Å². The molecular formula is C20H27BrN4O4. The van der Waals surface area contributed by atoms with E-state index in [1.54, 1.807) is 0 Å². The maximum atomic E-state index is 12.9. The summed E-state index contributed by atoms with van der Waals surface area (Å²) in [6.45, 7) is 1.48. The quantitative estimate of drug-likeness (QED) is 0.456. The Balaban J connectivity index is 1.55. The Morgan fingerprint density at radius 2 is 1.41 bits per heavy atom. The van der Waals surface area contributed by atoms with Gasteiger partial charge in [-0.15, -0.1) is 0 Å². The van der Waals surface area contributed by atoms with Crippen molar-refractivity contribution in [1.82, 2.24) is 10.6 Å². The fraction of sp³-hybridized carbons (Fsp3) is 0.600. The maximum Gasteiger partial charge on any atom is 0.224 e. The molecule has 1 saturated heterocycles. The van der Waals surface area contributed by atoms with E-state index in [4.69, 9.17) is 20.9 Å². The molecule has 0 spiro atoms. The van der Waals surface area contributed by atoms with Crippen LogP contribution in [0.3, 0.4) is 0 Å². The zero-order chi connectivity index (χ0) is 20.5. The Morgan fingerprint density at radius 1 is 0.931 bits per heavy atom. The lowest BCUT2D eigenvalue weighted by Crippen LogP contribution is -2.52. The minimum atomic E-state index is -0.484. The summed E-state index contributed by atoms with van der Waals surface area (Å²) in [6, 6.07) is 7.79. The molecule has 158 valence electrons. The normalized spacial score (nSPS) is 34.8. The lowest BCUT2D eigenvalue weighted by atomic mass is 9.75. The highest BCUT2D eigenvalue weighted by Crippen LogP contribution is 2.58. The average molecular weight is 467 g/mol. The predicted octanol–water partition coefficient (Wildman–Crippen LogP) is 0.264. The SMILES string of the molecule is NCCNC(=O)C1C2CC(C3OC(c4ccc(Br)cc4)OC23)C1C(=O)NCCN. The molecule has 9 heteroatoms. The molecule has 3 fully saturated rings. The van der Waals surface area contributed by atoms with Crippen LogP contribution in [-0.2, 0) is 19.1 Å². The minimum absolute atomic E-state index is 0.0585. The Morgan fingerprint density at radius 3 is 1.86 bits per heavy atom. The van der Waals surface area contributed by atoms with Crippen LogP contribution in [0.5, 0.6) is 0 Å². The number of nitrogens with one attached hydrogen (secondary N) is 2. The predicted molar refractivity (Wildman–Crippen MR) is 109 cm³/mol. The van der Waals surface area contributed by atoms with E-state index < -0.39 is 18.1 Å². The van der Waals surface area contributed by atoms with Crippen molar-refractivity contribution in [2.24, 2.45) is 35.1 Å². The second kappa shape index (κ2) is 8.69. The second-order valence-electron chi connectivity index (χ2n) is 7.86. The molecule has 1 aromatic carbocycles. The van der Waals surface area contributed by atoms with Crippen molar-refractivity contribution in [3.8, 4) is 0 Å². The highest BCUT2D eigenvalue weighted by atomic mass is 79.9. The van der Waals surface area contributed by atoms with Gasteiger partial charge < -0.3 is 31.6 Å². The van der Waals surface area contributed by atoms with Gasteiger partial charge in [-0.25, -0.2) is 0 Å². The first-order valence-electron chi connectivity index (χ1n) is 10.1. The molecule has 0 radical (unpaired) electrons. The zero-order valence-corrected chi connectivity index (χ0v) is 17.6. The van der Waals surface area contributed by atoms with E-state index >= 15 is 0 Å². The summed E-state index contributed by atoms with van der Waals surface area (Å²) in [5, 5.41) is 5.72. The van der Waals surface area contributed by atoms with Crippen LogP contribution in [0, 0.1) is 23.7 Å². The van der Waals surface area contributed by atoms with Gasteiger partial charge in [0.15, 0.2) is 6.29 Å². The van der Waals surface area contributed by atoms with Gasteiger partial charge in [-0.05, 0) is 18.6 Å². The summed E-state index contributed by atoms with van der Waals surface area (Å²) >= 11 is 3.43.